The first-order chi connectivity index (χ1) is 23.4. The van der Waals surface area contributed by atoms with Crippen molar-refractivity contribution in [1.82, 2.24) is 9.97 Å². The van der Waals surface area contributed by atoms with E-state index in [0.29, 0.717) is 0 Å². The summed E-state index contributed by atoms with van der Waals surface area (Å²) in [5, 5.41) is 5.08. The van der Waals surface area contributed by atoms with E-state index in [-0.39, 0.29) is 20.1 Å². The molecule has 3 heteroatoms. The number of hydrogen-bond donors (Lipinski definition) is 0. The first-order valence-corrected chi connectivity index (χ1v) is 16.3. The fraction of sp³-hybridized carbons (Fsp3) is 0.0870. The molecule has 0 aliphatic rings. The zero-order chi connectivity index (χ0) is 33.0. The zero-order valence-corrected chi connectivity index (χ0v) is 30.5. The van der Waals surface area contributed by atoms with Gasteiger partial charge in [-0.15, -0.1) is 65.2 Å². The summed E-state index contributed by atoms with van der Waals surface area (Å²) in [6.07, 6.45) is 3.78. The molecule has 0 bridgehead atoms. The second-order valence-electron chi connectivity index (χ2n) is 12.4. The van der Waals surface area contributed by atoms with Crippen LogP contribution < -0.4 is 0 Å². The number of rotatable bonds is 4. The summed E-state index contributed by atoms with van der Waals surface area (Å²) in [7, 11) is 0. The predicted molar refractivity (Wildman–Crippen MR) is 202 cm³/mol. The van der Waals surface area contributed by atoms with Crippen LogP contribution in [0.15, 0.2) is 146 Å². The van der Waals surface area contributed by atoms with Gasteiger partial charge in [-0.05, 0) is 87.6 Å². The van der Waals surface area contributed by atoms with Crippen molar-refractivity contribution in [1.29, 1.82) is 0 Å². The second kappa shape index (κ2) is 14.9. The third-order valence-electron chi connectivity index (χ3n) is 8.85. The monoisotopic (exact) mass is 809 g/mol. The molecule has 49 heavy (non-hydrogen) atoms. The van der Waals surface area contributed by atoms with Crippen molar-refractivity contribution in [2.24, 2.45) is 0 Å². The van der Waals surface area contributed by atoms with Crippen LogP contribution in [-0.2, 0) is 20.1 Å². The molecule has 8 aromatic rings. The van der Waals surface area contributed by atoms with Crippen LogP contribution in [0.5, 0.6) is 0 Å². The van der Waals surface area contributed by atoms with Gasteiger partial charge in [0, 0.05) is 32.5 Å². The van der Waals surface area contributed by atoms with Crippen LogP contribution in [-0.4, -0.2) is 9.97 Å². The molecule has 6 aromatic carbocycles. The van der Waals surface area contributed by atoms with E-state index in [2.05, 4.69) is 158 Å². The van der Waals surface area contributed by atoms with E-state index in [1.165, 1.54) is 60.5 Å². The van der Waals surface area contributed by atoms with E-state index in [0.717, 1.165) is 28.1 Å². The molecule has 2 heterocycles. The Balaban J connectivity index is 0.000000234. The molecule has 1 radical (unpaired) electrons. The summed E-state index contributed by atoms with van der Waals surface area (Å²) in [5.74, 6) is 0. The number of aryl methyl sites for hydroxylation is 4. The molecule has 2 nitrogen and oxygen atoms in total. The quantitative estimate of drug-likeness (QED) is 0.131. The number of aromatic nitrogens is 2. The third kappa shape index (κ3) is 7.29. The molecule has 8 rings (SSSR count). The summed E-state index contributed by atoms with van der Waals surface area (Å²) < 4.78 is 0. The van der Waals surface area contributed by atoms with Crippen molar-refractivity contribution in [2.75, 3.05) is 0 Å². The normalized spacial score (nSPS) is 10.7. The van der Waals surface area contributed by atoms with Crippen LogP contribution in [0.2, 0.25) is 0 Å². The Hall–Kier alpha value is -5.21. The molecular weight excluding hydrogens is 773 g/mol. The summed E-state index contributed by atoms with van der Waals surface area (Å²) >= 11 is 0. The van der Waals surface area contributed by atoms with Gasteiger partial charge in [0.15, 0.2) is 0 Å². The van der Waals surface area contributed by atoms with Crippen LogP contribution in [0.4, 0.5) is 0 Å². The van der Waals surface area contributed by atoms with Crippen molar-refractivity contribution in [2.45, 2.75) is 27.7 Å². The Bertz CT molecular complexity index is 2290. The van der Waals surface area contributed by atoms with Crippen molar-refractivity contribution in [3.05, 3.63) is 180 Å². The number of nitrogens with zero attached hydrogens (tertiary/aromatic N) is 2. The minimum absolute atomic E-state index is 0. The third-order valence-corrected chi connectivity index (χ3v) is 8.85. The fourth-order valence-electron chi connectivity index (χ4n) is 6.34. The Labute approximate surface area is 302 Å². The average molecular weight is 809 g/mol. The van der Waals surface area contributed by atoms with Crippen molar-refractivity contribution < 1.29 is 20.1 Å². The Morgan fingerprint density at radius 1 is 0.490 bits per heavy atom. The fourth-order valence-corrected chi connectivity index (χ4v) is 6.34. The van der Waals surface area contributed by atoms with Gasteiger partial charge in [0.25, 0.3) is 0 Å². The van der Waals surface area contributed by atoms with Gasteiger partial charge in [0.05, 0.1) is 0 Å². The summed E-state index contributed by atoms with van der Waals surface area (Å²) in [4.78, 5) is 9.00. The molecule has 2 aromatic heterocycles. The van der Waals surface area contributed by atoms with Gasteiger partial charge in [-0.2, -0.15) is 0 Å². The van der Waals surface area contributed by atoms with Gasteiger partial charge >= 0.3 is 0 Å². The maximum Gasteiger partial charge on any atom is 0.0190 e. The van der Waals surface area contributed by atoms with Gasteiger partial charge in [-0.1, -0.05) is 109 Å². The molecule has 0 fully saturated rings. The SMILES string of the molecule is Cc1c[c-]c(-c2ccc(C)cn2)cc1.Cc1cccc(C)c1-c1ccnc(-c2[c-]cc(-c3cc4ccccc4c4ccccc34)cc2)c1.[Ir]. The van der Waals surface area contributed by atoms with Gasteiger partial charge in [-0.25, -0.2) is 0 Å². The van der Waals surface area contributed by atoms with E-state index in [1.54, 1.807) is 0 Å². The molecule has 0 saturated carbocycles. The molecular formula is C46H36IrN2-2. The topological polar surface area (TPSA) is 25.8 Å². The zero-order valence-electron chi connectivity index (χ0n) is 28.1. The van der Waals surface area contributed by atoms with E-state index >= 15 is 0 Å². The standard InChI is InChI=1S/C33H24N.C13H12N.Ir/c1-22-8-7-9-23(2)33(22)27-18-19-34-32(21-27)25-16-14-24(15-17-25)31-20-26-10-3-4-11-28(26)29-12-5-6-13-30(29)31;1-10-3-6-12(7-4-10)13-8-5-11(2)9-14-13;/h3-16,18-21H,1-2H3;3-6,8-9H,1-2H3;/q2*-1;. The van der Waals surface area contributed by atoms with Crippen molar-refractivity contribution in [3.63, 3.8) is 0 Å². The Morgan fingerprint density at radius 2 is 1.16 bits per heavy atom. The summed E-state index contributed by atoms with van der Waals surface area (Å²) in [6.45, 7) is 8.42. The van der Waals surface area contributed by atoms with Crippen molar-refractivity contribution >= 4 is 21.5 Å². The minimum Gasteiger partial charge on any atom is -0.305 e. The van der Waals surface area contributed by atoms with Gasteiger partial charge in [0.2, 0.25) is 0 Å². The molecule has 0 unspecified atom stereocenters. The van der Waals surface area contributed by atoms with Crippen LogP contribution in [0.1, 0.15) is 22.3 Å². The molecule has 241 valence electrons. The molecule has 0 atom stereocenters. The maximum atomic E-state index is 4.66. The number of pyridine rings is 2. The van der Waals surface area contributed by atoms with Gasteiger partial charge in [0.1, 0.15) is 0 Å². The van der Waals surface area contributed by atoms with Crippen molar-refractivity contribution in [3.8, 4) is 44.8 Å². The van der Waals surface area contributed by atoms with Crippen LogP contribution in [0.25, 0.3) is 66.3 Å². The van der Waals surface area contributed by atoms with E-state index in [4.69, 9.17) is 0 Å². The minimum atomic E-state index is 0. The van der Waals surface area contributed by atoms with Crippen LogP contribution in [0.3, 0.4) is 0 Å². The summed E-state index contributed by atoms with van der Waals surface area (Å²) in [6, 6.07) is 53.6. The van der Waals surface area contributed by atoms with E-state index < -0.39 is 0 Å². The van der Waals surface area contributed by atoms with Gasteiger partial charge < -0.3 is 9.97 Å². The maximum absolute atomic E-state index is 4.66. The first kappa shape index (κ1) is 33.7. The molecule has 0 saturated heterocycles. The van der Waals surface area contributed by atoms with Gasteiger partial charge in [-0.3, -0.25) is 0 Å². The predicted octanol–water partition coefficient (Wildman–Crippen LogP) is 12.0. The molecule has 0 aliphatic carbocycles. The summed E-state index contributed by atoms with van der Waals surface area (Å²) in [5.41, 5.74) is 13.8. The Kier molecular flexibility index (Phi) is 10.3. The molecule has 0 amide bonds. The largest absolute Gasteiger partial charge is 0.305 e. The molecule has 0 spiro atoms. The molecule has 0 aliphatic heterocycles. The van der Waals surface area contributed by atoms with E-state index in [9.17, 15) is 0 Å². The first-order valence-electron chi connectivity index (χ1n) is 16.3. The van der Waals surface area contributed by atoms with Crippen LogP contribution >= 0.6 is 0 Å². The number of hydrogen-bond acceptors (Lipinski definition) is 2. The smallest absolute Gasteiger partial charge is 0.0190 e. The van der Waals surface area contributed by atoms with E-state index in [1.807, 2.05) is 37.5 Å². The van der Waals surface area contributed by atoms with Crippen LogP contribution in [0, 0.1) is 39.8 Å². The molecule has 0 N–H and O–H groups in total. The average Bonchev–Trinajstić information content (AvgIpc) is 3.12. The number of fused-ring (bicyclic) bond motifs is 3. The second-order valence-corrected chi connectivity index (χ2v) is 12.4. The number of benzene rings is 6. The Morgan fingerprint density at radius 3 is 1.86 bits per heavy atom.